The van der Waals surface area contributed by atoms with Gasteiger partial charge in [-0.3, -0.25) is 4.79 Å². The maximum absolute atomic E-state index is 12.2. The Morgan fingerprint density at radius 2 is 1.92 bits per heavy atom. The molecule has 128 valence electrons. The van der Waals surface area contributed by atoms with Crippen LogP contribution in [0.5, 0.6) is 5.75 Å². The van der Waals surface area contributed by atoms with Crippen LogP contribution in [0.2, 0.25) is 0 Å². The summed E-state index contributed by atoms with van der Waals surface area (Å²) in [5.74, 6) is 0.334. The van der Waals surface area contributed by atoms with Crippen LogP contribution in [0.3, 0.4) is 0 Å². The number of carbonyl (C=O) groups is 1. The van der Waals surface area contributed by atoms with Gasteiger partial charge >= 0.3 is 0 Å². The highest BCUT2D eigenvalue weighted by molar-refractivity contribution is 9.10. The first-order valence-electron chi connectivity index (χ1n) is 7.10. The Bertz CT molecular complexity index is 824. The van der Waals surface area contributed by atoms with Gasteiger partial charge in [0.1, 0.15) is 5.75 Å². The van der Waals surface area contributed by atoms with Gasteiger partial charge in [-0.25, -0.2) is 13.1 Å². The van der Waals surface area contributed by atoms with Gasteiger partial charge in [0.25, 0.3) is 0 Å². The molecular weight excluding hydrogens is 396 g/mol. The molecule has 0 bridgehead atoms. The minimum absolute atomic E-state index is 0.000526. The summed E-state index contributed by atoms with van der Waals surface area (Å²) in [6, 6.07) is 13.4. The number of ether oxygens (including phenoxy) is 1. The van der Waals surface area contributed by atoms with Gasteiger partial charge in [-0.05, 0) is 40.2 Å². The van der Waals surface area contributed by atoms with Gasteiger partial charge in [0.15, 0.2) is 0 Å². The summed E-state index contributed by atoms with van der Waals surface area (Å²) in [5, 5.41) is 2.69. The smallest absolute Gasteiger partial charge is 0.241 e. The van der Waals surface area contributed by atoms with Crippen LogP contribution < -0.4 is 14.8 Å². The van der Waals surface area contributed by atoms with E-state index in [1.165, 1.54) is 13.2 Å². The van der Waals surface area contributed by atoms with Crippen LogP contribution in [-0.2, 0) is 14.8 Å². The molecular formula is C16H17BrN2O4S. The second kappa shape index (κ2) is 8.27. The Morgan fingerprint density at radius 1 is 1.17 bits per heavy atom. The van der Waals surface area contributed by atoms with Crippen molar-refractivity contribution in [2.75, 3.05) is 19.0 Å². The summed E-state index contributed by atoms with van der Waals surface area (Å²) in [7, 11) is -2.13. The van der Waals surface area contributed by atoms with E-state index < -0.39 is 10.0 Å². The third-order valence-corrected chi connectivity index (χ3v) is 5.60. The number of anilines is 1. The van der Waals surface area contributed by atoms with E-state index in [1.54, 1.807) is 42.5 Å². The van der Waals surface area contributed by atoms with Crippen LogP contribution in [-0.4, -0.2) is 28.0 Å². The van der Waals surface area contributed by atoms with E-state index in [4.69, 9.17) is 4.74 Å². The van der Waals surface area contributed by atoms with Crippen molar-refractivity contribution in [2.45, 2.75) is 11.3 Å². The van der Waals surface area contributed by atoms with Gasteiger partial charge in [0, 0.05) is 29.2 Å². The Hall–Kier alpha value is -1.90. The second-order valence-corrected chi connectivity index (χ2v) is 7.45. The summed E-state index contributed by atoms with van der Waals surface area (Å²) in [5.41, 5.74) is 0.591. The number of hydrogen-bond acceptors (Lipinski definition) is 4. The molecule has 0 unspecified atom stereocenters. The lowest BCUT2D eigenvalue weighted by Gasteiger charge is -2.09. The van der Waals surface area contributed by atoms with E-state index in [2.05, 4.69) is 26.0 Å². The molecule has 0 spiro atoms. The second-order valence-electron chi connectivity index (χ2n) is 4.86. The molecule has 0 fully saturated rings. The molecule has 0 saturated carbocycles. The first kappa shape index (κ1) is 18.4. The third kappa shape index (κ3) is 5.05. The summed E-state index contributed by atoms with van der Waals surface area (Å²) in [6.45, 7) is -0.000526. The number of amides is 1. The van der Waals surface area contributed by atoms with Gasteiger partial charge in [-0.2, -0.15) is 0 Å². The van der Waals surface area contributed by atoms with Crippen LogP contribution in [0.4, 0.5) is 5.69 Å². The van der Waals surface area contributed by atoms with Gasteiger partial charge in [-0.1, -0.05) is 18.2 Å². The molecule has 1 amide bonds. The normalized spacial score (nSPS) is 11.1. The molecule has 2 aromatic rings. The van der Waals surface area contributed by atoms with E-state index in [-0.39, 0.29) is 23.8 Å². The van der Waals surface area contributed by atoms with Gasteiger partial charge in [0.05, 0.1) is 12.0 Å². The first-order chi connectivity index (χ1) is 11.4. The van der Waals surface area contributed by atoms with E-state index in [1.807, 2.05) is 0 Å². The number of methoxy groups -OCH3 is 1. The monoisotopic (exact) mass is 412 g/mol. The molecule has 0 aliphatic carbocycles. The number of carbonyl (C=O) groups excluding carboxylic acids is 1. The summed E-state index contributed by atoms with van der Waals surface area (Å²) < 4.78 is 32.3. The van der Waals surface area contributed by atoms with Crippen LogP contribution in [0.1, 0.15) is 6.42 Å². The van der Waals surface area contributed by atoms with Crippen molar-refractivity contribution in [2.24, 2.45) is 0 Å². The molecule has 0 aliphatic rings. The quantitative estimate of drug-likeness (QED) is 0.731. The number of benzene rings is 2. The molecule has 0 atom stereocenters. The Balaban J connectivity index is 1.89. The highest BCUT2D eigenvalue weighted by Gasteiger charge is 2.16. The summed E-state index contributed by atoms with van der Waals surface area (Å²) >= 11 is 3.20. The maximum Gasteiger partial charge on any atom is 0.241 e. The van der Waals surface area contributed by atoms with Crippen LogP contribution in [0.15, 0.2) is 57.9 Å². The van der Waals surface area contributed by atoms with E-state index in [9.17, 15) is 13.2 Å². The molecule has 0 aromatic heterocycles. The van der Waals surface area contributed by atoms with E-state index >= 15 is 0 Å². The fourth-order valence-electron chi connectivity index (χ4n) is 1.96. The minimum Gasteiger partial charge on any atom is -0.497 e. The highest BCUT2D eigenvalue weighted by atomic mass is 79.9. The average molecular weight is 413 g/mol. The van der Waals surface area contributed by atoms with Crippen molar-refractivity contribution in [3.05, 3.63) is 53.0 Å². The van der Waals surface area contributed by atoms with E-state index in [0.717, 1.165) is 0 Å². The number of rotatable bonds is 7. The SMILES string of the molecule is COc1cccc(NC(=O)CCNS(=O)(=O)c2ccccc2Br)c1. The zero-order valence-corrected chi connectivity index (χ0v) is 15.4. The maximum atomic E-state index is 12.2. The van der Waals surface area contributed by atoms with Crippen LogP contribution >= 0.6 is 15.9 Å². The molecule has 0 radical (unpaired) electrons. The molecule has 8 heteroatoms. The predicted molar refractivity (Wildman–Crippen MR) is 95.6 cm³/mol. The molecule has 0 aliphatic heterocycles. The van der Waals surface area contributed by atoms with Crippen molar-refractivity contribution in [1.82, 2.24) is 4.72 Å². The lowest BCUT2D eigenvalue weighted by molar-refractivity contribution is -0.116. The zero-order valence-electron chi connectivity index (χ0n) is 13.0. The van der Waals surface area contributed by atoms with Gasteiger partial charge < -0.3 is 10.1 Å². The van der Waals surface area contributed by atoms with Crippen LogP contribution in [0.25, 0.3) is 0 Å². The Labute approximate surface area is 149 Å². The van der Waals surface area contributed by atoms with Crippen molar-refractivity contribution < 1.29 is 17.9 Å². The van der Waals surface area contributed by atoms with Crippen molar-refractivity contribution in [1.29, 1.82) is 0 Å². The number of hydrogen-bond donors (Lipinski definition) is 2. The molecule has 24 heavy (non-hydrogen) atoms. The van der Waals surface area contributed by atoms with Gasteiger partial charge in [0.2, 0.25) is 15.9 Å². The molecule has 6 nitrogen and oxygen atoms in total. The Kier molecular flexibility index (Phi) is 6.36. The summed E-state index contributed by atoms with van der Waals surface area (Å²) in [4.78, 5) is 12.0. The van der Waals surface area contributed by atoms with Crippen molar-refractivity contribution in [3.8, 4) is 5.75 Å². The van der Waals surface area contributed by atoms with Gasteiger partial charge in [-0.15, -0.1) is 0 Å². The molecule has 2 rings (SSSR count). The number of nitrogens with one attached hydrogen (secondary N) is 2. The van der Waals surface area contributed by atoms with Crippen molar-refractivity contribution >= 4 is 37.5 Å². The molecule has 2 N–H and O–H groups in total. The fraction of sp³-hybridized carbons (Fsp3) is 0.188. The molecule has 2 aromatic carbocycles. The minimum atomic E-state index is -3.67. The number of halogens is 1. The largest absolute Gasteiger partial charge is 0.497 e. The third-order valence-electron chi connectivity index (χ3n) is 3.12. The fourth-order valence-corrected chi connectivity index (χ4v) is 4.00. The molecule has 0 saturated heterocycles. The topological polar surface area (TPSA) is 84.5 Å². The first-order valence-corrected chi connectivity index (χ1v) is 9.38. The lowest BCUT2D eigenvalue weighted by atomic mass is 10.3. The van der Waals surface area contributed by atoms with Crippen LogP contribution in [0, 0.1) is 0 Å². The Morgan fingerprint density at radius 3 is 2.62 bits per heavy atom. The molecule has 0 heterocycles. The van der Waals surface area contributed by atoms with E-state index in [0.29, 0.717) is 15.9 Å². The summed E-state index contributed by atoms with van der Waals surface area (Å²) in [6.07, 6.45) is 0.0148. The zero-order chi connectivity index (χ0) is 17.6. The number of sulfonamides is 1. The average Bonchev–Trinajstić information content (AvgIpc) is 2.55. The standard InChI is InChI=1S/C16H17BrN2O4S/c1-23-13-6-4-5-12(11-13)19-16(20)9-10-18-24(21,22)15-8-3-2-7-14(15)17/h2-8,11,18H,9-10H2,1H3,(H,19,20). The highest BCUT2D eigenvalue weighted by Crippen LogP contribution is 2.21. The lowest BCUT2D eigenvalue weighted by Crippen LogP contribution is -2.28. The van der Waals surface area contributed by atoms with Crippen molar-refractivity contribution in [3.63, 3.8) is 0 Å². The predicted octanol–water partition coefficient (Wildman–Crippen LogP) is 2.76.